The molecule has 1 N–H and O–H groups in total. The van der Waals surface area contributed by atoms with Gasteiger partial charge in [-0.15, -0.1) is 11.3 Å². The van der Waals surface area contributed by atoms with E-state index in [9.17, 15) is 0 Å². The summed E-state index contributed by atoms with van der Waals surface area (Å²) in [5.41, 5.74) is 1.78. The molecule has 3 aromatic rings. The molecule has 0 aliphatic heterocycles. The van der Waals surface area contributed by atoms with E-state index in [-0.39, 0.29) is 0 Å². The molecule has 5 heteroatoms. The quantitative estimate of drug-likeness (QED) is 0.797. The van der Waals surface area contributed by atoms with Gasteiger partial charge >= 0.3 is 0 Å². The minimum atomic E-state index is 0.676. The lowest BCUT2D eigenvalue weighted by molar-refractivity contribution is 1.14. The zero-order valence-electron chi connectivity index (χ0n) is 11.8. The van der Waals surface area contributed by atoms with E-state index < -0.39 is 0 Å². The summed E-state index contributed by atoms with van der Waals surface area (Å²) in [6.07, 6.45) is 1.02. The first-order valence-corrected chi connectivity index (χ1v) is 7.45. The monoisotopic (exact) mass is 284 g/mol. The maximum atomic E-state index is 4.67. The van der Waals surface area contributed by atoms with Crippen LogP contribution in [-0.4, -0.2) is 22.0 Å². The number of hydrogen-bond donors (Lipinski definition) is 1. The molecule has 0 aromatic carbocycles. The van der Waals surface area contributed by atoms with E-state index in [1.807, 2.05) is 32.2 Å². The van der Waals surface area contributed by atoms with Crippen LogP contribution in [0.2, 0.25) is 0 Å². The van der Waals surface area contributed by atoms with Crippen LogP contribution >= 0.6 is 11.3 Å². The Morgan fingerprint density at radius 3 is 2.75 bits per heavy atom. The predicted molar refractivity (Wildman–Crippen MR) is 84.3 cm³/mol. The fourth-order valence-electron chi connectivity index (χ4n) is 2.12. The standard InChI is InChI=1S/C15H16N4S/c1-4-10-8-11-13(16-3)18-14(19-15(11)20-10)12-7-5-6-9(2)17-12/h5-8H,4H2,1-3H3,(H,16,18,19). The molecule has 0 unspecified atom stereocenters. The summed E-state index contributed by atoms with van der Waals surface area (Å²) in [4.78, 5) is 16.1. The molecular formula is C15H16N4S. The van der Waals surface area contributed by atoms with Gasteiger partial charge in [0.05, 0.1) is 5.39 Å². The molecule has 102 valence electrons. The van der Waals surface area contributed by atoms with Crippen molar-refractivity contribution in [3.05, 3.63) is 34.8 Å². The van der Waals surface area contributed by atoms with E-state index in [2.05, 4.69) is 33.3 Å². The van der Waals surface area contributed by atoms with Crippen LogP contribution in [0.15, 0.2) is 24.3 Å². The molecule has 3 aromatic heterocycles. The molecule has 3 heterocycles. The van der Waals surface area contributed by atoms with Gasteiger partial charge in [0.1, 0.15) is 16.3 Å². The second-order valence-electron chi connectivity index (χ2n) is 4.60. The fourth-order valence-corrected chi connectivity index (χ4v) is 3.09. The Morgan fingerprint density at radius 1 is 1.20 bits per heavy atom. The molecule has 3 rings (SSSR count). The normalized spacial score (nSPS) is 10.9. The largest absolute Gasteiger partial charge is 0.372 e. The van der Waals surface area contributed by atoms with Crippen LogP contribution in [0.25, 0.3) is 21.7 Å². The fraction of sp³-hybridized carbons (Fsp3) is 0.267. The molecule has 4 nitrogen and oxygen atoms in total. The van der Waals surface area contributed by atoms with Crippen molar-refractivity contribution in [1.82, 2.24) is 15.0 Å². The summed E-state index contributed by atoms with van der Waals surface area (Å²) in [6.45, 7) is 4.13. The molecule has 0 aliphatic rings. The Bertz CT molecular complexity index is 764. The minimum absolute atomic E-state index is 0.676. The molecule has 0 saturated heterocycles. The summed E-state index contributed by atoms with van der Waals surface area (Å²) < 4.78 is 0. The van der Waals surface area contributed by atoms with Gasteiger partial charge in [-0.2, -0.15) is 0 Å². The van der Waals surface area contributed by atoms with Gasteiger partial charge in [0.2, 0.25) is 0 Å². The average Bonchev–Trinajstić information content (AvgIpc) is 2.89. The predicted octanol–water partition coefficient (Wildman–Crippen LogP) is 3.67. The van der Waals surface area contributed by atoms with E-state index in [1.165, 1.54) is 4.88 Å². The molecular weight excluding hydrogens is 268 g/mol. The van der Waals surface area contributed by atoms with E-state index in [1.54, 1.807) is 11.3 Å². The van der Waals surface area contributed by atoms with E-state index in [0.717, 1.165) is 33.8 Å². The maximum Gasteiger partial charge on any atom is 0.181 e. The van der Waals surface area contributed by atoms with Crippen molar-refractivity contribution < 1.29 is 0 Å². The van der Waals surface area contributed by atoms with Gasteiger partial charge < -0.3 is 5.32 Å². The highest BCUT2D eigenvalue weighted by Crippen LogP contribution is 2.31. The third-order valence-electron chi connectivity index (χ3n) is 3.15. The third-order valence-corrected chi connectivity index (χ3v) is 4.32. The Morgan fingerprint density at radius 2 is 2.05 bits per heavy atom. The molecule has 20 heavy (non-hydrogen) atoms. The van der Waals surface area contributed by atoms with Gasteiger partial charge in [0.15, 0.2) is 5.82 Å². The van der Waals surface area contributed by atoms with Gasteiger partial charge in [0.25, 0.3) is 0 Å². The van der Waals surface area contributed by atoms with Crippen LogP contribution in [0, 0.1) is 6.92 Å². The first kappa shape index (κ1) is 13.0. The Labute approximate surface area is 121 Å². The summed E-state index contributed by atoms with van der Waals surface area (Å²) >= 11 is 1.72. The highest BCUT2D eigenvalue weighted by atomic mass is 32.1. The lowest BCUT2D eigenvalue weighted by atomic mass is 10.2. The number of hydrogen-bond acceptors (Lipinski definition) is 5. The lowest BCUT2D eigenvalue weighted by Gasteiger charge is -2.05. The summed E-state index contributed by atoms with van der Waals surface area (Å²) in [6, 6.07) is 8.07. The van der Waals surface area contributed by atoms with Crippen molar-refractivity contribution >= 4 is 27.4 Å². The molecule has 0 amide bonds. The summed E-state index contributed by atoms with van der Waals surface area (Å²) in [5.74, 6) is 1.54. The van der Waals surface area contributed by atoms with Gasteiger partial charge in [-0.05, 0) is 31.5 Å². The maximum absolute atomic E-state index is 4.67. The topological polar surface area (TPSA) is 50.7 Å². The third kappa shape index (κ3) is 2.25. The zero-order chi connectivity index (χ0) is 14.1. The van der Waals surface area contributed by atoms with Crippen molar-refractivity contribution in [2.45, 2.75) is 20.3 Å². The number of pyridine rings is 1. The van der Waals surface area contributed by atoms with Gasteiger partial charge in [0, 0.05) is 17.6 Å². The van der Waals surface area contributed by atoms with Crippen molar-refractivity contribution in [3.63, 3.8) is 0 Å². The molecule has 0 saturated carbocycles. The summed E-state index contributed by atoms with van der Waals surface area (Å²) in [7, 11) is 1.89. The first-order chi connectivity index (χ1) is 9.71. The smallest absolute Gasteiger partial charge is 0.181 e. The van der Waals surface area contributed by atoms with E-state index in [0.29, 0.717) is 5.82 Å². The van der Waals surface area contributed by atoms with Gasteiger partial charge in [-0.1, -0.05) is 13.0 Å². The zero-order valence-corrected chi connectivity index (χ0v) is 12.6. The van der Waals surface area contributed by atoms with E-state index >= 15 is 0 Å². The average molecular weight is 284 g/mol. The van der Waals surface area contributed by atoms with Gasteiger partial charge in [-0.25, -0.2) is 15.0 Å². The SMILES string of the molecule is CCc1cc2c(NC)nc(-c3cccc(C)n3)nc2s1. The molecule has 0 radical (unpaired) electrons. The number of thiophene rings is 1. The second-order valence-corrected chi connectivity index (χ2v) is 5.71. The van der Waals surface area contributed by atoms with Crippen molar-refractivity contribution in [2.75, 3.05) is 12.4 Å². The lowest BCUT2D eigenvalue weighted by Crippen LogP contribution is -1.98. The van der Waals surface area contributed by atoms with Crippen LogP contribution in [0.3, 0.4) is 0 Å². The van der Waals surface area contributed by atoms with Crippen LogP contribution < -0.4 is 5.32 Å². The molecule has 0 aliphatic carbocycles. The van der Waals surface area contributed by atoms with Crippen LogP contribution in [-0.2, 0) is 6.42 Å². The number of aromatic nitrogens is 3. The van der Waals surface area contributed by atoms with Crippen LogP contribution in [0.5, 0.6) is 0 Å². The number of rotatable bonds is 3. The Balaban J connectivity index is 2.21. The number of fused-ring (bicyclic) bond motifs is 1. The number of anilines is 1. The first-order valence-electron chi connectivity index (χ1n) is 6.63. The van der Waals surface area contributed by atoms with E-state index in [4.69, 9.17) is 0 Å². The van der Waals surface area contributed by atoms with Gasteiger partial charge in [-0.3, -0.25) is 0 Å². The van der Waals surface area contributed by atoms with Crippen molar-refractivity contribution in [1.29, 1.82) is 0 Å². The summed E-state index contributed by atoms with van der Waals surface area (Å²) in [5, 5.41) is 4.25. The minimum Gasteiger partial charge on any atom is -0.372 e. The van der Waals surface area contributed by atoms with Crippen LogP contribution in [0.1, 0.15) is 17.5 Å². The molecule has 0 bridgehead atoms. The van der Waals surface area contributed by atoms with Crippen LogP contribution in [0.4, 0.5) is 5.82 Å². The highest BCUT2D eigenvalue weighted by Gasteiger charge is 2.12. The molecule has 0 spiro atoms. The van der Waals surface area contributed by atoms with Crippen molar-refractivity contribution in [2.24, 2.45) is 0 Å². The Hall–Kier alpha value is -2.01. The number of aryl methyl sites for hydroxylation is 2. The highest BCUT2D eigenvalue weighted by molar-refractivity contribution is 7.18. The van der Waals surface area contributed by atoms with Crippen molar-refractivity contribution in [3.8, 4) is 11.5 Å². The number of nitrogens with zero attached hydrogens (tertiary/aromatic N) is 3. The molecule has 0 fully saturated rings. The number of nitrogens with one attached hydrogen (secondary N) is 1. The second kappa shape index (κ2) is 5.17. The Kier molecular flexibility index (Phi) is 3.36. The molecule has 0 atom stereocenters.